The highest BCUT2D eigenvalue weighted by molar-refractivity contribution is 5.78. The SMILES string of the molecule is COc1ccc(-n2nc(C=Cc3cccc(OC)c3OC)cc2-c2cccc(OC)c2OC)cc1. The number of hydrogen-bond donors (Lipinski definition) is 0. The summed E-state index contributed by atoms with van der Waals surface area (Å²) in [5.41, 5.74) is 4.22. The van der Waals surface area contributed by atoms with Crippen molar-refractivity contribution < 1.29 is 23.7 Å². The summed E-state index contributed by atoms with van der Waals surface area (Å²) in [4.78, 5) is 0. The molecule has 0 fully saturated rings. The van der Waals surface area contributed by atoms with Crippen molar-refractivity contribution in [2.75, 3.05) is 35.5 Å². The first-order chi connectivity index (χ1) is 17.1. The first kappa shape index (κ1) is 23.8. The van der Waals surface area contributed by atoms with Gasteiger partial charge in [-0.2, -0.15) is 5.10 Å². The van der Waals surface area contributed by atoms with E-state index in [1.54, 1.807) is 35.5 Å². The molecule has 0 unspecified atom stereocenters. The topological polar surface area (TPSA) is 64.0 Å². The Bertz CT molecular complexity index is 1330. The average molecular weight is 473 g/mol. The number of hydrogen-bond acceptors (Lipinski definition) is 6. The van der Waals surface area contributed by atoms with Crippen molar-refractivity contribution >= 4 is 12.2 Å². The van der Waals surface area contributed by atoms with Gasteiger partial charge in [-0.15, -0.1) is 0 Å². The van der Waals surface area contributed by atoms with Crippen molar-refractivity contribution in [3.63, 3.8) is 0 Å². The van der Waals surface area contributed by atoms with Crippen molar-refractivity contribution in [3.05, 3.63) is 78.0 Å². The second-order valence-electron chi connectivity index (χ2n) is 7.52. The van der Waals surface area contributed by atoms with Crippen LogP contribution in [0.25, 0.3) is 29.1 Å². The molecule has 0 aliphatic carbocycles. The highest BCUT2D eigenvalue weighted by Crippen LogP contribution is 2.39. The van der Waals surface area contributed by atoms with Gasteiger partial charge >= 0.3 is 0 Å². The van der Waals surface area contributed by atoms with Gasteiger partial charge in [-0.25, -0.2) is 4.68 Å². The number of benzene rings is 3. The van der Waals surface area contributed by atoms with Crippen LogP contribution in [0.3, 0.4) is 0 Å². The van der Waals surface area contributed by atoms with Crippen molar-refractivity contribution in [3.8, 4) is 45.7 Å². The first-order valence-electron chi connectivity index (χ1n) is 11.0. The number of nitrogens with zero attached hydrogens (tertiary/aromatic N) is 2. The molecule has 0 N–H and O–H groups in total. The third kappa shape index (κ3) is 4.80. The Kier molecular flexibility index (Phi) is 7.26. The van der Waals surface area contributed by atoms with E-state index in [-0.39, 0.29) is 0 Å². The number of methoxy groups -OCH3 is 5. The van der Waals surface area contributed by atoms with E-state index >= 15 is 0 Å². The van der Waals surface area contributed by atoms with Crippen LogP contribution in [0.2, 0.25) is 0 Å². The minimum absolute atomic E-state index is 0.634. The minimum atomic E-state index is 0.634. The summed E-state index contributed by atoms with van der Waals surface area (Å²) in [7, 11) is 8.14. The lowest BCUT2D eigenvalue weighted by atomic mass is 10.1. The van der Waals surface area contributed by atoms with E-state index in [2.05, 4.69) is 0 Å². The molecule has 0 amide bonds. The maximum absolute atomic E-state index is 5.71. The van der Waals surface area contributed by atoms with E-state index in [0.717, 1.165) is 34.0 Å². The molecule has 3 aromatic carbocycles. The number of aromatic nitrogens is 2. The Morgan fingerprint density at radius 1 is 0.657 bits per heavy atom. The van der Waals surface area contributed by atoms with Crippen LogP contribution < -0.4 is 23.7 Å². The van der Waals surface area contributed by atoms with E-state index in [4.69, 9.17) is 28.8 Å². The Balaban J connectivity index is 1.84. The highest BCUT2D eigenvalue weighted by atomic mass is 16.5. The summed E-state index contributed by atoms with van der Waals surface area (Å²) in [5.74, 6) is 3.38. The molecule has 0 aliphatic heterocycles. The zero-order valence-electron chi connectivity index (χ0n) is 20.4. The van der Waals surface area contributed by atoms with Gasteiger partial charge in [0.2, 0.25) is 0 Å². The van der Waals surface area contributed by atoms with E-state index in [1.165, 1.54) is 0 Å². The van der Waals surface area contributed by atoms with Crippen molar-refractivity contribution in [1.29, 1.82) is 0 Å². The standard InChI is InChI=1S/C28H28N2O5/c1-31-22-16-14-21(15-17-22)30-24(23-9-7-11-26(33-3)28(23)35-5)18-20(29-30)13-12-19-8-6-10-25(32-2)27(19)34-4/h6-18H,1-5H3. The van der Waals surface area contributed by atoms with Crippen LogP contribution in [0.1, 0.15) is 11.3 Å². The van der Waals surface area contributed by atoms with Crippen LogP contribution in [0.4, 0.5) is 0 Å². The summed E-state index contributed by atoms with van der Waals surface area (Å²) in [6, 6.07) is 21.3. The van der Waals surface area contributed by atoms with Gasteiger partial charge in [0.25, 0.3) is 0 Å². The smallest absolute Gasteiger partial charge is 0.170 e. The Morgan fingerprint density at radius 2 is 1.31 bits per heavy atom. The molecular formula is C28H28N2O5. The summed E-state index contributed by atoms with van der Waals surface area (Å²) in [6.45, 7) is 0. The fourth-order valence-electron chi connectivity index (χ4n) is 3.90. The van der Waals surface area contributed by atoms with Crippen molar-refractivity contribution in [2.45, 2.75) is 0 Å². The van der Waals surface area contributed by atoms with Crippen LogP contribution in [-0.4, -0.2) is 45.3 Å². The highest BCUT2D eigenvalue weighted by Gasteiger charge is 2.18. The lowest BCUT2D eigenvalue weighted by Crippen LogP contribution is -2.01. The monoisotopic (exact) mass is 472 g/mol. The molecule has 180 valence electrons. The van der Waals surface area contributed by atoms with Crippen LogP contribution in [0.5, 0.6) is 28.7 Å². The molecular weight excluding hydrogens is 444 g/mol. The third-order valence-corrected chi connectivity index (χ3v) is 5.59. The molecule has 1 aromatic heterocycles. The minimum Gasteiger partial charge on any atom is -0.497 e. The fourth-order valence-corrected chi connectivity index (χ4v) is 3.90. The molecule has 7 heteroatoms. The molecule has 4 rings (SSSR count). The van der Waals surface area contributed by atoms with Gasteiger partial charge in [0.1, 0.15) is 5.75 Å². The predicted molar refractivity (Wildman–Crippen MR) is 137 cm³/mol. The first-order valence-corrected chi connectivity index (χ1v) is 11.0. The lowest BCUT2D eigenvalue weighted by Gasteiger charge is -2.14. The van der Waals surface area contributed by atoms with Gasteiger partial charge in [-0.3, -0.25) is 0 Å². The molecule has 0 spiro atoms. The number of para-hydroxylation sites is 2. The predicted octanol–water partition coefficient (Wildman–Crippen LogP) is 5.75. The zero-order chi connectivity index (χ0) is 24.8. The van der Waals surface area contributed by atoms with E-state index in [0.29, 0.717) is 23.0 Å². The quantitative estimate of drug-likeness (QED) is 0.309. The molecule has 1 heterocycles. The van der Waals surface area contributed by atoms with Gasteiger partial charge in [0, 0.05) is 11.1 Å². The molecule has 0 saturated carbocycles. The van der Waals surface area contributed by atoms with Gasteiger partial charge in [-0.05, 0) is 60.7 Å². The van der Waals surface area contributed by atoms with Gasteiger partial charge < -0.3 is 23.7 Å². The van der Waals surface area contributed by atoms with E-state index in [9.17, 15) is 0 Å². The Morgan fingerprint density at radius 3 is 1.94 bits per heavy atom. The lowest BCUT2D eigenvalue weighted by molar-refractivity contribution is 0.354. The van der Waals surface area contributed by atoms with E-state index in [1.807, 2.05) is 83.6 Å². The molecule has 0 bridgehead atoms. The van der Waals surface area contributed by atoms with Crippen molar-refractivity contribution in [1.82, 2.24) is 9.78 Å². The summed E-state index contributed by atoms with van der Waals surface area (Å²) in [5, 5.41) is 4.88. The molecule has 4 aromatic rings. The third-order valence-electron chi connectivity index (χ3n) is 5.59. The number of rotatable bonds is 9. The molecule has 0 radical (unpaired) electrons. The maximum atomic E-state index is 5.71. The second-order valence-corrected chi connectivity index (χ2v) is 7.52. The Hall–Kier alpha value is -4.39. The molecule has 35 heavy (non-hydrogen) atoms. The second kappa shape index (κ2) is 10.7. The van der Waals surface area contributed by atoms with Crippen LogP contribution in [-0.2, 0) is 0 Å². The van der Waals surface area contributed by atoms with Gasteiger partial charge in [-0.1, -0.05) is 18.2 Å². The molecule has 0 atom stereocenters. The Labute approximate surface area is 205 Å². The van der Waals surface area contributed by atoms with Crippen LogP contribution in [0, 0.1) is 0 Å². The molecule has 0 saturated heterocycles. The normalized spacial score (nSPS) is 10.9. The molecule has 7 nitrogen and oxygen atoms in total. The molecule has 0 aliphatic rings. The summed E-state index contributed by atoms with van der Waals surface area (Å²) < 4.78 is 29.4. The maximum Gasteiger partial charge on any atom is 0.170 e. The van der Waals surface area contributed by atoms with E-state index < -0.39 is 0 Å². The number of ether oxygens (including phenoxy) is 5. The van der Waals surface area contributed by atoms with Crippen LogP contribution in [0.15, 0.2) is 66.7 Å². The van der Waals surface area contributed by atoms with Crippen molar-refractivity contribution in [2.24, 2.45) is 0 Å². The zero-order valence-corrected chi connectivity index (χ0v) is 20.4. The van der Waals surface area contributed by atoms with Crippen LogP contribution >= 0.6 is 0 Å². The van der Waals surface area contributed by atoms with Gasteiger partial charge in [0.15, 0.2) is 23.0 Å². The van der Waals surface area contributed by atoms with Gasteiger partial charge in [0.05, 0.1) is 52.6 Å². The average Bonchev–Trinajstić information content (AvgIpc) is 3.35. The summed E-state index contributed by atoms with van der Waals surface area (Å²) in [6.07, 6.45) is 3.89. The summed E-state index contributed by atoms with van der Waals surface area (Å²) >= 11 is 0. The fraction of sp³-hybridized carbons (Fsp3) is 0.179. The largest absolute Gasteiger partial charge is 0.497 e.